The predicted octanol–water partition coefficient (Wildman–Crippen LogP) is 2.59. The molecule has 5 nitrogen and oxygen atoms in total. The number of aryl methyl sites for hydroxylation is 2. The van der Waals surface area contributed by atoms with Crippen LogP contribution in [0.25, 0.3) is 0 Å². The van der Waals surface area contributed by atoms with Crippen molar-refractivity contribution in [2.24, 2.45) is 0 Å². The van der Waals surface area contributed by atoms with E-state index in [9.17, 15) is 9.59 Å². The van der Waals surface area contributed by atoms with Crippen LogP contribution in [0.2, 0.25) is 0 Å². The molecule has 0 bridgehead atoms. The third-order valence-electron chi connectivity index (χ3n) is 3.94. The first-order valence-electron chi connectivity index (χ1n) is 7.67. The van der Waals surface area contributed by atoms with Gasteiger partial charge in [0.05, 0.1) is 6.61 Å². The summed E-state index contributed by atoms with van der Waals surface area (Å²) < 4.78 is 5.73. The second kappa shape index (κ2) is 6.81. The number of carboxylic acids is 1. The van der Waals surface area contributed by atoms with E-state index in [4.69, 9.17) is 9.84 Å². The molecule has 0 unspecified atom stereocenters. The number of nitrogens with one attached hydrogen (secondary N) is 1. The van der Waals surface area contributed by atoms with Crippen molar-refractivity contribution in [1.82, 2.24) is 5.32 Å². The Hall–Kier alpha value is -2.04. The lowest BCUT2D eigenvalue weighted by Gasteiger charge is -2.12. The number of benzene rings is 1. The van der Waals surface area contributed by atoms with E-state index in [1.165, 1.54) is 0 Å². The predicted molar refractivity (Wildman–Crippen MR) is 83.0 cm³/mol. The van der Waals surface area contributed by atoms with Crippen molar-refractivity contribution in [3.8, 4) is 5.75 Å². The van der Waals surface area contributed by atoms with Crippen molar-refractivity contribution in [2.45, 2.75) is 51.5 Å². The molecule has 0 aliphatic heterocycles. The average molecular weight is 305 g/mol. The highest BCUT2D eigenvalue weighted by molar-refractivity contribution is 5.89. The summed E-state index contributed by atoms with van der Waals surface area (Å²) in [6, 6.07) is 6.08. The molecule has 2 N–H and O–H groups in total. The first-order valence-corrected chi connectivity index (χ1v) is 7.67. The van der Waals surface area contributed by atoms with Gasteiger partial charge in [-0.2, -0.15) is 0 Å². The van der Waals surface area contributed by atoms with Gasteiger partial charge in [-0.05, 0) is 56.7 Å². The van der Waals surface area contributed by atoms with Crippen LogP contribution in [0, 0.1) is 13.8 Å². The van der Waals surface area contributed by atoms with Crippen molar-refractivity contribution >= 4 is 11.9 Å². The van der Waals surface area contributed by atoms with E-state index in [1.54, 1.807) is 0 Å². The second-order valence-electron chi connectivity index (χ2n) is 6.01. The van der Waals surface area contributed by atoms with Gasteiger partial charge in [0.1, 0.15) is 11.3 Å². The molecule has 1 amide bonds. The Kier molecular flexibility index (Phi) is 5.06. The second-order valence-corrected chi connectivity index (χ2v) is 6.01. The molecule has 0 heterocycles. The first-order chi connectivity index (χ1) is 10.4. The van der Waals surface area contributed by atoms with E-state index in [1.807, 2.05) is 32.0 Å². The van der Waals surface area contributed by atoms with Crippen LogP contribution in [0.5, 0.6) is 5.75 Å². The summed E-state index contributed by atoms with van der Waals surface area (Å²) >= 11 is 0. The highest BCUT2D eigenvalue weighted by Gasteiger charge is 2.51. The Morgan fingerprint density at radius 2 is 2.00 bits per heavy atom. The zero-order valence-corrected chi connectivity index (χ0v) is 13.1. The highest BCUT2D eigenvalue weighted by Crippen LogP contribution is 2.35. The van der Waals surface area contributed by atoms with Gasteiger partial charge in [0.2, 0.25) is 5.91 Å². The van der Waals surface area contributed by atoms with E-state index < -0.39 is 11.5 Å². The summed E-state index contributed by atoms with van der Waals surface area (Å²) in [6.07, 6.45) is 2.85. The maximum absolute atomic E-state index is 11.7. The Balaban J connectivity index is 1.64. The zero-order chi connectivity index (χ0) is 16.2. The fourth-order valence-electron chi connectivity index (χ4n) is 2.28. The molecule has 120 valence electrons. The van der Waals surface area contributed by atoms with Gasteiger partial charge in [0.25, 0.3) is 0 Å². The summed E-state index contributed by atoms with van der Waals surface area (Å²) in [4.78, 5) is 22.7. The Bertz CT molecular complexity index is 564. The number of hydrogen-bond donors (Lipinski definition) is 2. The molecule has 1 aromatic rings. The molecule has 0 saturated heterocycles. The molecule has 1 aliphatic rings. The molecule has 0 spiro atoms. The molecule has 1 aromatic carbocycles. The molecular formula is C17H23NO4. The lowest BCUT2D eigenvalue weighted by molar-refractivity contribution is -0.143. The first kappa shape index (κ1) is 16.3. The summed E-state index contributed by atoms with van der Waals surface area (Å²) in [6.45, 7) is 4.58. The van der Waals surface area contributed by atoms with Gasteiger partial charge in [-0.3, -0.25) is 4.79 Å². The minimum absolute atomic E-state index is 0.188. The zero-order valence-electron chi connectivity index (χ0n) is 13.1. The number of unbranched alkanes of at least 4 members (excludes halogenated alkanes) is 1. The topological polar surface area (TPSA) is 75.6 Å². The number of amides is 1. The average Bonchev–Trinajstić information content (AvgIpc) is 3.23. The standard InChI is InChI=1S/C17H23NO4/c1-12-6-7-13(2)14(11-12)22-10-4-3-5-15(19)18-17(8-9-17)16(20)21/h6-7,11H,3-5,8-10H2,1-2H3,(H,18,19)(H,20,21). The SMILES string of the molecule is Cc1ccc(C)c(OCCCCC(=O)NC2(C(=O)O)CC2)c1. The maximum Gasteiger partial charge on any atom is 0.329 e. The van der Waals surface area contributed by atoms with Crippen molar-refractivity contribution in [2.75, 3.05) is 6.61 Å². The highest BCUT2D eigenvalue weighted by atomic mass is 16.5. The quantitative estimate of drug-likeness (QED) is 0.724. The van der Waals surface area contributed by atoms with Gasteiger partial charge >= 0.3 is 5.97 Å². The molecule has 0 aromatic heterocycles. The van der Waals surface area contributed by atoms with E-state index in [0.717, 1.165) is 23.3 Å². The number of carboxylic acid groups (broad SMARTS) is 1. The van der Waals surface area contributed by atoms with Gasteiger partial charge in [-0.25, -0.2) is 4.79 Å². The van der Waals surface area contributed by atoms with Gasteiger partial charge in [0, 0.05) is 6.42 Å². The molecule has 22 heavy (non-hydrogen) atoms. The fraction of sp³-hybridized carbons (Fsp3) is 0.529. The van der Waals surface area contributed by atoms with Crippen molar-refractivity contribution in [1.29, 1.82) is 0 Å². The van der Waals surface area contributed by atoms with Crippen LogP contribution in [0.15, 0.2) is 18.2 Å². The Morgan fingerprint density at radius 3 is 2.64 bits per heavy atom. The van der Waals surface area contributed by atoms with Gasteiger partial charge in [-0.1, -0.05) is 12.1 Å². The van der Waals surface area contributed by atoms with Crippen LogP contribution >= 0.6 is 0 Å². The third-order valence-corrected chi connectivity index (χ3v) is 3.94. The van der Waals surface area contributed by atoms with E-state index in [0.29, 0.717) is 32.3 Å². The maximum atomic E-state index is 11.7. The van der Waals surface area contributed by atoms with Crippen LogP contribution < -0.4 is 10.1 Å². The summed E-state index contributed by atoms with van der Waals surface area (Å²) in [5.41, 5.74) is 1.27. The largest absolute Gasteiger partial charge is 0.493 e. The van der Waals surface area contributed by atoms with Crippen molar-refractivity contribution in [3.05, 3.63) is 29.3 Å². The van der Waals surface area contributed by atoms with E-state index in [-0.39, 0.29) is 5.91 Å². The lowest BCUT2D eigenvalue weighted by atomic mass is 10.1. The summed E-state index contributed by atoms with van der Waals surface area (Å²) in [5, 5.41) is 11.6. The number of carbonyl (C=O) groups is 2. The van der Waals surface area contributed by atoms with Crippen LogP contribution in [-0.2, 0) is 9.59 Å². The third kappa shape index (κ3) is 4.23. The van der Waals surface area contributed by atoms with E-state index in [2.05, 4.69) is 5.32 Å². The van der Waals surface area contributed by atoms with Crippen molar-refractivity contribution < 1.29 is 19.4 Å². The Morgan fingerprint density at radius 1 is 1.27 bits per heavy atom. The molecule has 5 heteroatoms. The van der Waals surface area contributed by atoms with Crippen LogP contribution in [0.3, 0.4) is 0 Å². The number of carbonyl (C=O) groups excluding carboxylic acids is 1. The minimum atomic E-state index is -0.980. The van der Waals surface area contributed by atoms with Crippen LogP contribution in [-0.4, -0.2) is 29.1 Å². The molecule has 0 atom stereocenters. The molecule has 2 rings (SSSR count). The van der Waals surface area contributed by atoms with Crippen molar-refractivity contribution in [3.63, 3.8) is 0 Å². The summed E-state index contributed by atoms with van der Waals surface area (Å²) in [5.74, 6) is -0.238. The van der Waals surface area contributed by atoms with Crippen LogP contribution in [0.1, 0.15) is 43.2 Å². The number of rotatable bonds is 8. The number of hydrogen-bond acceptors (Lipinski definition) is 3. The number of ether oxygens (including phenoxy) is 1. The van der Waals surface area contributed by atoms with Gasteiger partial charge in [-0.15, -0.1) is 0 Å². The molecule has 1 aliphatic carbocycles. The summed E-state index contributed by atoms with van der Waals surface area (Å²) in [7, 11) is 0. The lowest BCUT2D eigenvalue weighted by Crippen LogP contribution is -2.42. The fourth-order valence-corrected chi connectivity index (χ4v) is 2.28. The molecule has 1 saturated carbocycles. The molecule has 1 fully saturated rings. The van der Waals surface area contributed by atoms with Gasteiger partial charge in [0.15, 0.2) is 0 Å². The Labute approximate surface area is 130 Å². The minimum Gasteiger partial charge on any atom is -0.493 e. The molecule has 0 radical (unpaired) electrons. The smallest absolute Gasteiger partial charge is 0.329 e. The van der Waals surface area contributed by atoms with Crippen LogP contribution in [0.4, 0.5) is 0 Å². The molecular weight excluding hydrogens is 282 g/mol. The normalized spacial score (nSPS) is 15.2. The van der Waals surface area contributed by atoms with Gasteiger partial charge < -0.3 is 15.2 Å². The number of aliphatic carboxylic acids is 1. The van der Waals surface area contributed by atoms with E-state index >= 15 is 0 Å². The monoisotopic (exact) mass is 305 g/mol.